The van der Waals surface area contributed by atoms with Crippen LogP contribution < -0.4 is 10.7 Å². The number of carboxylic acid groups (broad SMARTS) is 1. The second kappa shape index (κ2) is 4.27. The van der Waals surface area contributed by atoms with Gasteiger partial charge in [0.15, 0.2) is 0 Å². The van der Waals surface area contributed by atoms with Crippen LogP contribution in [0.2, 0.25) is 0 Å². The van der Waals surface area contributed by atoms with Crippen molar-refractivity contribution < 1.29 is 9.90 Å². The fraction of sp³-hybridized carbons (Fsp3) is 0.857. The molecule has 5 heteroatoms. The Balaban J connectivity index is 2.41. The lowest BCUT2D eigenvalue weighted by Gasteiger charge is -2.34. The second-order valence-electron chi connectivity index (χ2n) is 2.88. The van der Waals surface area contributed by atoms with Crippen molar-refractivity contribution in [1.29, 1.82) is 0 Å². The third-order valence-corrected chi connectivity index (χ3v) is 2.06. The topological polar surface area (TPSA) is 64.6 Å². The molecule has 1 saturated heterocycles. The van der Waals surface area contributed by atoms with Crippen LogP contribution in [0.15, 0.2) is 0 Å². The molecule has 1 aliphatic rings. The molecule has 0 radical (unpaired) electrons. The van der Waals surface area contributed by atoms with Gasteiger partial charge in [0, 0.05) is 25.7 Å². The first-order valence-corrected chi connectivity index (χ1v) is 4.21. The standard InChI is InChI=1S/C7H15N3O2/c1-2-6-5-8-3-4-10(6)9-7(11)12/h6,8-9H,2-5H2,1H3,(H,11,12). The lowest BCUT2D eigenvalue weighted by Crippen LogP contribution is -2.57. The van der Waals surface area contributed by atoms with Crippen molar-refractivity contribution in [2.45, 2.75) is 19.4 Å². The first kappa shape index (κ1) is 9.28. The van der Waals surface area contributed by atoms with Crippen LogP contribution in [-0.4, -0.2) is 41.9 Å². The van der Waals surface area contributed by atoms with E-state index in [1.807, 2.05) is 6.92 Å². The van der Waals surface area contributed by atoms with E-state index in [1.165, 1.54) is 0 Å². The van der Waals surface area contributed by atoms with Gasteiger partial charge in [-0.2, -0.15) is 0 Å². The molecule has 70 valence electrons. The molecule has 0 aromatic rings. The van der Waals surface area contributed by atoms with E-state index in [4.69, 9.17) is 5.11 Å². The highest BCUT2D eigenvalue weighted by Crippen LogP contribution is 2.02. The number of carbonyl (C=O) groups is 1. The van der Waals surface area contributed by atoms with E-state index in [0.29, 0.717) is 0 Å². The summed E-state index contributed by atoms with van der Waals surface area (Å²) in [5.41, 5.74) is 2.39. The number of hydrogen-bond donors (Lipinski definition) is 3. The third-order valence-electron chi connectivity index (χ3n) is 2.06. The maximum atomic E-state index is 10.4. The van der Waals surface area contributed by atoms with Gasteiger partial charge in [0.25, 0.3) is 0 Å². The summed E-state index contributed by atoms with van der Waals surface area (Å²) in [7, 11) is 0. The molecular formula is C7H15N3O2. The molecule has 1 fully saturated rings. The van der Waals surface area contributed by atoms with Crippen molar-refractivity contribution in [2.75, 3.05) is 19.6 Å². The number of piperazine rings is 1. The van der Waals surface area contributed by atoms with Gasteiger partial charge in [-0.05, 0) is 6.42 Å². The predicted octanol–water partition coefficient (Wildman–Crippen LogP) is -0.147. The van der Waals surface area contributed by atoms with E-state index in [-0.39, 0.29) is 6.04 Å². The van der Waals surface area contributed by atoms with Gasteiger partial charge in [-0.15, -0.1) is 0 Å². The minimum atomic E-state index is -0.977. The maximum Gasteiger partial charge on any atom is 0.419 e. The maximum absolute atomic E-state index is 10.4. The van der Waals surface area contributed by atoms with E-state index in [1.54, 1.807) is 5.01 Å². The van der Waals surface area contributed by atoms with Crippen LogP contribution >= 0.6 is 0 Å². The average molecular weight is 173 g/mol. The summed E-state index contributed by atoms with van der Waals surface area (Å²) in [6.07, 6.45) is -0.0249. The second-order valence-corrected chi connectivity index (χ2v) is 2.88. The van der Waals surface area contributed by atoms with Crippen molar-refractivity contribution in [3.05, 3.63) is 0 Å². The zero-order chi connectivity index (χ0) is 8.97. The van der Waals surface area contributed by atoms with Crippen molar-refractivity contribution in [2.24, 2.45) is 0 Å². The van der Waals surface area contributed by atoms with Crippen molar-refractivity contribution in [3.8, 4) is 0 Å². The van der Waals surface area contributed by atoms with Gasteiger partial charge >= 0.3 is 6.09 Å². The molecular weight excluding hydrogens is 158 g/mol. The van der Waals surface area contributed by atoms with E-state index >= 15 is 0 Å². The zero-order valence-electron chi connectivity index (χ0n) is 7.21. The Hall–Kier alpha value is -0.810. The van der Waals surface area contributed by atoms with Crippen molar-refractivity contribution >= 4 is 6.09 Å². The highest BCUT2D eigenvalue weighted by atomic mass is 16.4. The monoisotopic (exact) mass is 173 g/mol. The molecule has 0 aromatic heterocycles. The molecule has 12 heavy (non-hydrogen) atoms. The van der Waals surface area contributed by atoms with Gasteiger partial charge in [0.05, 0.1) is 0 Å². The first-order chi connectivity index (χ1) is 5.74. The molecule has 0 saturated carbocycles. The number of hydrazine groups is 1. The van der Waals surface area contributed by atoms with Gasteiger partial charge in [0.1, 0.15) is 0 Å². The Morgan fingerprint density at radius 3 is 3.17 bits per heavy atom. The molecule has 1 aliphatic heterocycles. The SMILES string of the molecule is CCC1CNCCN1NC(=O)O. The van der Waals surface area contributed by atoms with Crippen LogP contribution in [0, 0.1) is 0 Å². The molecule has 5 nitrogen and oxygen atoms in total. The number of nitrogens with one attached hydrogen (secondary N) is 2. The molecule has 0 aromatic carbocycles. The minimum absolute atomic E-state index is 0.287. The molecule has 1 atom stereocenters. The number of hydrogen-bond acceptors (Lipinski definition) is 3. The van der Waals surface area contributed by atoms with Crippen LogP contribution in [-0.2, 0) is 0 Å². The summed E-state index contributed by atoms with van der Waals surface area (Å²) in [4.78, 5) is 10.4. The fourth-order valence-electron chi connectivity index (χ4n) is 1.40. The van der Waals surface area contributed by atoms with Gasteiger partial charge in [-0.1, -0.05) is 6.92 Å². The third kappa shape index (κ3) is 2.35. The highest BCUT2D eigenvalue weighted by molar-refractivity contribution is 5.63. The summed E-state index contributed by atoms with van der Waals surface area (Å²) < 4.78 is 0. The Kier molecular flexibility index (Phi) is 3.31. The predicted molar refractivity (Wildman–Crippen MR) is 44.8 cm³/mol. The van der Waals surface area contributed by atoms with E-state index in [0.717, 1.165) is 26.1 Å². The molecule has 1 amide bonds. The Bertz CT molecular complexity index is 163. The normalized spacial score (nSPS) is 25.2. The van der Waals surface area contributed by atoms with Gasteiger partial charge in [-0.25, -0.2) is 9.80 Å². The quantitative estimate of drug-likeness (QED) is 0.543. The Morgan fingerprint density at radius 2 is 2.58 bits per heavy atom. The number of amides is 1. The zero-order valence-corrected chi connectivity index (χ0v) is 7.21. The molecule has 0 bridgehead atoms. The highest BCUT2D eigenvalue weighted by Gasteiger charge is 2.21. The molecule has 0 aliphatic carbocycles. The summed E-state index contributed by atoms with van der Waals surface area (Å²) in [5, 5.41) is 13.5. The van der Waals surface area contributed by atoms with Gasteiger partial charge in [0.2, 0.25) is 0 Å². The Morgan fingerprint density at radius 1 is 1.83 bits per heavy atom. The van der Waals surface area contributed by atoms with Crippen LogP contribution in [0.3, 0.4) is 0 Å². The van der Waals surface area contributed by atoms with E-state index in [9.17, 15) is 4.79 Å². The lowest BCUT2D eigenvalue weighted by molar-refractivity contribution is 0.0859. The number of rotatable bonds is 2. The summed E-state index contributed by atoms with van der Waals surface area (Å²) in [6, 6.07) is 0.287. The molecule has 1 rings (SSSR count). The smallest absolute Gasteiger partial charge is 0.419 e. The Labute approximate surface area is 71.7 Å². The summed E-state index contributed by atoms with van der Waals surface area (Å²) in [6.45, 7) is 4.49. The largest absolute Gasteiger partial charge is 0.464 e. The average Bonchev–Trinajstić information content (AvgIpc) is 2.04. The van der Waals surface area contributed by atoms with E-state index in [2.05, 4.69) is 10.7 Å². The molecule has 3 N–H and O–H groups in total. The van der Waals surface area contributed by atoms with Crippen LogP contribution in [0.25, 0.3) is 0 Å². The molecule has 1 heterocycles. The molecule has 1 unspecified atom stereocenters. The number of nitrogens with zero attached hydrogens (tertiary/aromatic N) is 1. The van der Waals surface area contributed by atoms with Gasteiger partial charge in [-0.3, -0.25) is 5.43 Å². The molecule has 0 spiro atoms. The fourth-order valence-corrected chi connectivity index (χ4v) is 1.40. The summed E-state index contributed by atoms with van der Waals surface area (Å²) >= 11 is 0. The first-order valence-electron chi connectivity index (χ1n) is 4.21. The summed E-state index contributed by atoms with van der Waals surface area (Å²) in [5.74, 6) is 0. The van der Waals surface area contributed by atoms with Crippen molar-refractivity contribution in [1.82, 2.24) is 15.8 Å². The van der Waals surface area contributed by atoms with Crippen molar-refractivity contribution in [3.63, 3.8) is 0 Å². The minimum Gasteiger partial charge on any atom is -0.464 e. The van der Waals surface area contributed by atoms with Gasteiger partial charge < -0.3 is 10.4 Å². The van der Waals surface area contributed by atoms with E-state index < -0.39 is 6.09 Å². The van der Waals surface area contributed by atoms with Crippen LogP contribution in [0.1, 0.15) is 13.3 Å². The lowest BCUT2D eigenvalue weighted by atomic mass is 10.2. The van der Waals surface area contributed by atoms with Crippen LogP contribution in [0.5, 0.6) is 0 Å². The van der Waals surface area contributed by atoms with Crippen LogP contribution in [0.4, 0.5) is 4.79 Å².